The molecule has 0 bridgehead atoms. The number of nitrogens with zero attached hydrogens (tertiary/aromatic N) is 1. The summed E-state index contributed by atoms with van der Waals surface area (Å²) in [4.78, 5) is 16.9. The van der Waals surface area contributed by atoms with Crippen LogP contribution in [-0.4, -0.2) is 18.2 Å². The summed E-state index contributed by atoms with van der Waals surface area (Å²) in [6.07, 6.45) is -5.68. The molecule has 0 aromatic heterocycles. The van der Waals surface area contributed by atoms with Crippen molar-refractivity contribution in [2.75, 3.05) is 5.32 Å². The topological polar surface area (TPSA) is 59.9 Å². The molecule has 0 spiro atoms. The second-order valence-corrected chi connectivity index (χ2v) is 6.42. The number of amides is 1. The van der Waals surface area contributed by atoms with Gasteiger partial charge in [0, 0.05) is 12.1 Å². The Hall–Kier alpha value is -3.95. The number of alkyl halides is 3. The Morgan fingerprint density at radius 1 is 0.844 bits per heavy atom. The number of benzene rings is 3. The van der Waals surface area contributed by atoms with E-state index in [4.69, 9.17) is 4.84 Å². The van der Waals surface area contributed by atoms with E-state index in [2.05, 4.69) is 15.2 Å². The summed E-state index contributed by atoms with van der Waals surface area (Å²) >= 11 is 0. The average molecular weight is 450 g/mol. The molecule has 5 nitrogen and oxygen atoms in total. The molecule has 0 fully saturated rings. The lowest BCUT2D eigenvalue weighted by atomic mass is 10.0. The summed E-state index contributed by atoms with van der Waals surface area (Å²) < 4.78 is 66.7. The molecule has 1 N–H and O–H groups in total. The van der Waals surface area contributed by atoms with Crippen molar-refractivity contribution >= 4 is 17.5 Å². The summed E-state index contributed by atoms with van der Waals surface area (Å²) in [5.74, 6) is -1.34. The number of ether oxygens (including phenoxy) is 1. The zero-order valence-electron chi connectivity index (χ0n) is 16.2. The fraction of sp³-hybridized carbons (Fsp3) is 0.0909. The highest BCUT2D eigenvalue weighted by Crippen LogP contribution is 2.24. The number of hydrogen-bond acceptors (Lipinski definition) is 4. The summed E-state index contributed by atoms with van der Waals surface area (Å²) in [6, 6.07) is 15.3. The van der Waals surface area contributed by atoms with Gasteiger partial charge in [0.05, 0.1) is 5.71 Å². The van der Waals surface area contributed by atoms with E-state index in [0.717, 1.165) is 12.1 Å². The Morgan fingerprint density at radius 3 is 1.97 bits per heavy atom. The Morgan fingerprint density at radius 2 is 1.41 bits per heavy atom. The highest BCUT2D eigenvalue weighted by molar-refractivity contribution is 6.02. The minimum atomic E-state index is -4.83. The van der Waals surface area contributed by atoms with Gasteiger partial charge in [-0.3, -0.25) is 10.2 Å². The first kappa shape index (κ1) is 22.7. The average Bonchev–Trinajstić information content (AvgIpc) is 2.73. The van der Waals surface area contributed by atoms with Gasteiger partial charge in [-0.25, -0.2) is 13.6 Å². The van der Waals surface area contributed by atoms with Gasteiger partial charge in [0.1, 0.15) is 17.4 Å². The zero-order valence-corrected chi connectivity index (χ0v) is 16.2. The van der Waals surface area contributed by atoms with Crippen LogP contribution in [0, 0.1) is 11.6 Å². The van der Waals surface area contributed by atoms with Crippen LogP contribution in [0.1, 0.15) is 11.1 Å². The van der Waals surface area contributed by atoms with Crippen LogP contribution in [0.2, 0.25) is 0 Å². The van der Waals surface area contributed by atoms with Crippen LogP contribution < -0.4 is 10.1 Å². The SMILES string of the molecule is O=C(Nc1ccc(OC(F)(F)F)cc1)O/N=C(/Cc1ccc(F)cc1)c1ccc(F)cc1. The number of rotatable bonds is 6. The lowest BCUT2D eigenvalue weighted by Crippen LogP contribution is -2.17. The van der Waals surface area contributed by atoms with E-state index < -0.39 is 29.8 Å². The first-order chi connectivity index (χ1) is 15.2. The van der Waals surface area contributed by atoms with Gasteiger partial charge in [-0.15, -0.1) is 13.2 Å². The van der Waals surface area contributed by atoms with Crippen molar-refractivity contribution in [1.82, 2.24) is 0 Å². The van der Waals surface area contributed by atoms with Gasteiger partial charge in [-0.1, -0.05) is 29.4 Å². The highest BCUT2D eigenvalue weighted by Gasteiger charge is 2.30. The lowest BCUT2D eigenvalue weighted by molar-refractivity contribution is -0.274. The molecule has 0 heterocycles. The van der Waals surface area contributed by atoms with Crippen LogP contribution in [0.15, 0.2) is 78.0 Å². The Labute approximate surface area is 179 Å². The third kappa shape index (κ3) is 7.08. The van der Waals surface area contributed by atoms with Crippen molar-refractivity contribution in [3.8, 4) is 5.75 Å². The molecule has 1 amide bonds. The number of oxime groups is 1. The molecule has 0 aliphatic rings. The molecule has 166 valence electrons. The van der Waals surface area contributed by atoms with E-state index in [1.54, 1.807) is 0 Å². The molecule has 3 rings (SSSR count). The fourth-order valence-electron chi connectivity index (χ4n) is 2.60. The van der Waals surface area contributed by atoms with Crippen molar-refractivity contribution in [3.63, 3.8) is 0 Å². The largest absolute Gasteiger partial charge is 0.573 e. The number of hydrogen-bond donors (Lipinski definition) is 1. The van der Waals surface area contributed by atoms with Gasteiger partial charge in [0.15, 0.2) is 0 Å². The smallest absolute Gasteiger partial charge is 0.406 e. The summed E-state index contributed by atoms with van der Waals surface area (Å²) in [6.45, 7) is 0. The molecule has 0 saturated heterocycles. The van der Waals surface area contributed by atoms with E-state index in [1.807, 2.05) is 0 Å². The van der Waals surface area contributed by atoms with Gasteiger partial charge in [0.2, 0.25) is 0 Å². The maximum Gasteiger partial charge on any atom is 0.573 e. The molecule has 0 aliphatic heterocycles. The minimum absolute atomic E-state index is 0.140. The normalized spacial score (nSPS) is 11.7. The molecule has 0 aliphatic carbocycles. The summed E-state index contributed by atoms with van der Waals surface area (Å²) in [5.41, 5.74) is 1.54. The van der Waals surface area contributed by atoms with Crippen LogP contribution in [0.25, 0.3) is 0 Å². The Kier molecular flexibility index (Phi) is 7.04. The van der Waals surface area contributed by atoms with E-state index in [9.17, 15) is 26.7 Å². The van der Waals surface area contributed by atoms with Crippen LogP contribution in [0.5, 0.6) is 5.75 Å². The van der Waals surface area contributed by atoms with Gasteiger partial charge in [-0.05, 0) is 59.7 Å². The Bertz CT molecular complexity index is 1080. The number of carbonyl (C=O) groups is 1. The monoisotopic (exact) mass is 450 g/mol. The minimum Gasteiger partial charge on any atom is -0.406 e. The number of carbonyl (C=O) groups excluding carboxylic acids is 1. The van der Waals surface area contributed by atoms with Gasteiger partial charge < -0.3 is 4.74 Å². The Balaban J connectivity index is 1.70. The van der Waals surface area contributed by atoms with E-state index >= 15 is 0 Å². The fourth-order valence-corrected chi connectivity index (χ4v) is 2.60. The molecular weight excluding hydrogens is 435 g/mol. The molecule has 3 aromatic carbocycles. The third-order valence-electron chi connectivity index (χ3n) is 4.04. The molecule has 32 heavy (non-hydrogen) atoms. The van der Waals surface area contributed by atoms with Crippen LogP contribution in [-0.2, 0) is 11.3 Å². The van der Waals surface area contributed by atoms with Gasteiger partial charge in [0.25, 0.3) is 0 Å². The third-order valence-corrected chi connectivity index (χ3v) is 4.04. The van der Waals surface area contributed by atoms with Gasteiger partial charge >= 0.3 is 12.5 Å². The van der Waals surface area contributed by atoms with Crippen molar-refractivity contribution in [2.45, 2.75) is 12.8 Å². The van der Waals surface area contributed by atoms with E-state index in [-0.39, 0.29) is 17.8 Å². The molecular formula is C22H15F5N2O3. The first-order valence-electron chi connectivity index (χ1n) is 9.09. The second kappa shape index (κ2) is 9.90. The van der Waals surface area contributed by atoms with Gasteiger partial charge in [-0.2, -0.15) is 0 Å². The predicted octanol–water partition coefficient (Wildman–Crippen LogP) is 6.06. The highest BCUT2D eigenvalue weighted by atomic mass is 19.4. The van der Waals surface area contributed by atoms with Crippen LogP contribution >= 0.6 is 0 Å². The molecule has 10 heteroatoms. The number of nitrogens with one attached hydrogen (secondary N) is 1. The maximum absolute atomic E-state index is 13.2. The number of halogens is 5. The standard InChI is InChI=1S/C22H15F5N2O3/c23-16-5-1-14(2-6-16)13-20(15-3-7-17(24)8-4-15)29-32-21(30)28-18-9-11-19(12-10-18)31-22(25,26)27/h1-12H,13H2,(H,28,30)/b29-20-. The quantitative estimate of drug-likeness (QED) is 0.215. The molecule has 0 saturated carbocycles. The van der Waals surface area contributed by atoms with Crippen LogP contribution in [0.4, 0.5) is 32.4 Å². The molecule has 0 atom stereocenters. The maximum atomic E-state index is 13.2. The molecule has 0 radical (unpaired) electrons. The zero-order chi connectivity index (χ0) is 23.1. The van der Waals surface area contributed by atoms with Crippen molar-refractivity contribution < 1.29 is 36.3 Å². The summed E-state index contributed by atoms with van der Waals surface area (Å²) in [7, 11) is 0. The molecule has 3 aromatic rings. The van der Waals surface area contributed by atoms with E-state index in [0.29, 0.717) is 11.1 Å². The van der Waals surface area contributed by atoms with Crippen molar-refractivity contribution in [2.24, 2.45) is 5.16 Å². The second-order valence-electron chi connectivity index (χ2n) is 6.42. The van der Waals surface area contributed by atoms with Crippen molar-refractivity contribution in [3.05, 3.63) is 95.6 Å². The molecule has 0 unspecified atom stereocenters. The van der Waals surface area contributed by atoms with E-state index in [1.165, 1.54) is 60.7 Å². The van der Waals surface area contributed by atoms with Crippen molar-refractivity contribution in [1.29, 1.82) is 0 Å². The number of anilines is 1. The summed E-state index contributed by atoms with van der Waals surface area (Å²) in [5, 5.41) is 6.12. The van der Waals surface area contributed by atoms with Crippen LogP contribution in [0.3, 0.4) is 0 Å². The predicted molar refractivity (Wildman–Crippen MR) is 106 cm³/mol. The lowest BCUT2D eigenvalue weighted by Gasteiger charge is -2.10. The first-order valence-corrected chi connectivity index (χ1v) is 9.09.